The van der Waals surface area contributed by atoms with Crippen LogP contribution in [-0.4, -0.2) is 52.7 Å². The third-order valence-electron chi connectivity index (χ3n) is 6.51. The summed E-state index contributed by atoms with van der Waals surface area (Å²) in [7, 11) is 0. The van der Waals surface area contributed by atoms with Crippen LogP contribution in [0.15, 0.2) is 53.3 Å². The molecule has 0 spiro atoms. The van der Waals surface area contributed by atoms with Gasteiger partial charge in [0, 0.05) is 56.8 Å². The summed E-state index contributed by atoms with van der Waals surface area (Å²) in [5.74, 6) is 0.150. The summed E-state index contributed by atoms with van der Waals surface area (Å²) < 4.78 is 1.35. The Labute approximate surface area is 224 Å². The van der Waals surface area contributed by atoms with Crippen LogP contribution in [0.1, 0.15) is 49.7 Å². The van der Waals surface area contributed by atoms with E-state index in [4.69, 9.17) is 0 Å². The topological polar surface area (TPSA) is 87.5 Å². The summed E-state index contributed by atoms with van der Waals surface area (Å²) >= 11 is 0. The number of halogens is 1. The summed E-state index contributed by atoms with van der Waals surface area (Å²) in [4.78, 5) is 43.4. The summed E-state index contributed by atoms with van der Waals surface area (Å²) in [6, 6.07) is 15.1. The number of aromatic nitrogens is 2. The van der Waals surface area contributed by atoms with Gasteiger partial charge >= 0.3 is 0 Å². The molecule has 9 heteroatoms. The lowest BCUT2D eigenvalue weighted by molar-refractivity contribution is -0.119. The Morgan fingerprint density at radius 2 is 1.70 bits per heavy atom. The number of anilines is 1. The van der Waals surface area contributed by atoms with E-state index in [-0.39, 0.29) is 41.4 Å². The van der Waals surface area contributed by atoms with Gasteiger partial charge in [0.25, 0.3) is 11.5 Å². The van der Waals surface area contributed by atoms with E-state index < -0.39 is 0 Å². The number of carbonyl (C=O) groups is 2. The quantitative estimate of drug-likeness (QED) is 0.559. The number of aryl methyl sites for hydroxylation is 1. The predicted octanol–water partition coefficient (Wildman–Crippen LogP) is 3.85. The molecule has 3 aromatic rings. The largest absolute Gasteiger partial charge is 0.336 e. The minimum Gasteiger partial charge on any atom is -0.336 e. The van der Waals surface area contributed by atoms with E-state index in [2.05, 4.69) is 10.4 Å². The van der Waals surface area contributed by atoms with Crippen molar-refractivity contribution in [3.05, 3.63) is 70.1 Å². The van der Waals surface area contributed by atoms with Crippen molar-refractivity contribution in [1.29, 1.82) is 0 Å². The monoisotopic (exact) mass is 525 g/mol. The number of nitrogens with one attached hydrogen (secondary N) is 1. The molecule has 2 aromatic carbocycles. The number of fused-ring (bicyclic) bond motifs is 2. The van der Waals surface area contributed by atoms with Crippen molar-refractivity contribution in [2.45, 2.75) is 46.7 Å². The van der Waals surface area contributed by atoms with Gasteiger partial charge in [0.05, 0.1) is 5.39 Å². The van der Waals surface area contributed by atoms with Crippen LogP contribution >= 0.6 is 12.4 Å². The molecular formula is C28H36ClN5O3. The highest BCUT2D eigenvalue weighted by molar-refractivity contribution is 6.04. The zero-order chi connectivity index (χ0) is 25.7. The number of rotatable bonds is 4. The minimum absolute atomic E-state index is 0. The molecule has 8 nitrogen and oxygen atoms in total. The molecule has 0 atom stereocenters. The molecule has 1 aromatic heterocycles. The molecule has 0 radical (unpaired) electrons. The van der Waals surface area contributed by atoms with Crippen LogP contribution in [0.4, 0.5) is 5.69 Å². The molecule has 1 N–H and O–H groups in total. The Morgan fingerprint density at radius 1 is 1.00 bits per heavy atom. The molecule has 37 heavy (non-hydrogen) atoms. The first-order valence-electron chi connectivity index (χ1n) is 12.8. The first-order chi connectivity index (χ1) is 17.4. The second-order valence-corrected chi connectivity index (χ2v) is 9.61. The van der Waals surface area contributed by atoms with Gasteiger partial charge in [-0.1, -0.05) is 50.2 Å². The third-order valence-corrected chi connectivity index (χ3v) is 6.51. The van der Waals surface area contributed by atoms with Gasteiger partial charge in [-0.05, 0) is 37.0 Å². The number of amides is 2. The zero-order valence-electron chi connectivity index (χ0n) is 21.8. The van der Waals surface area contributed by atoms with Crippen LogP contribution in [0.5, 0.6) is 0 Å². The van der Waals surface area contributed by atoms with Gasteiger partial charge in [-0.15, -0.1) is 12.4 Å². The molecule has 1 aliphatic rings. The fourth-order valence-electron chi connectivity index (χ4n) is 4.69. The molecule has 2 amide bonds. The summed E-state index contributed by atoms with van der Waals surface area (Å²) in [6.07, 6.45) is 1.11. The highest BCUT2D eigenvalue weighted by Crippen LogP contribution is 2.23. The second kappa shape index (κ2) is 12.8. The Hall–Kier alpha value is -3.23. The first kappa shape index (κ1) is 28.3. The molecule has 0 aliphatic carbocycles. The molecule has 0 unspecified atom stereocenters. The third kappa shape index (κ3) is 6.37. The van der Waals surface area contributed by atoms with Crippen molar-refractivity contribution in [2.75, 3.05) is 31.1 Å². The van der Waals surface area contributed by atoms with Crippen molar-refractivity contribution in [3.63, 3.8) is 0 Å². The molecular weight excluding hydrogens is 490 g/mol. The van der Waals surface area contributed by atoms with Gasteiger partial charge in [-0.25, -0.2) is 4.68 Å². The smallest absolute Gasteiger partial charge is 0.274 e. The van der Waals surface area contributed by atoms with Crippen molar-refractivity contribution in [3.8, 4) is 0 Å². The maximum atomic E-state index is 13.8. The lowest BCUT2D eigenvalue weighted by atomic mass is 10.1. The zero-order valence-corrected chi connectivity index (χ0v) is 22.6. The highest BCUT2D eigenvalue weighted by atomic mass is 35.5. The van der Waals surface area contributed by atoms with E-state index in [9.17, 15) is 14.4 Å². The average Bonchev–Trinajstić information content (AvgIpc) is 2.91. The predicted molar refractivity (Wildman–Crippen MR) is 149 cm³/mol. The van der Waals surface area contributed by atoms with Crippen LogP contribution < -0.4 is 15.8 Å². The fourth-order valence-corrected chi connectivity index (χ4v) is 4.69. The molecule has 0 bridgehead atoms. The standard InChI is InChI=1S/C28H35N5O3.ClH/c1-4-33-27(35)23-12-7-6-11-22(23)26(30-33)28(36)31-15-9-16-32(25(34)18-20(2)3)24-13-8-5-10-21(24)19-29-14-17-31;/h5-8,10-13,20,29H,4,9,14-19H2,1-3H3;1H. The molecule has 0 saturated heterocycles. The Kier molecular flexibility index (Phi) is 9.83. The lowest BCUT2D eigenvalue weighted by Gasteiger charge is -2.27. The van der Waals surface area contributed by atoms with Crippen molar-refractivity contribution >= 4 is 40.7 Å². The number of para-hydroxylation sites is 1. The van der Waals surface area contributed by atoms with Crippen LogP contribution in [0.3, 0.4) is 0 Å². The van der Waals surface area contributed by atoms with Gasteiger partial charge in [-0.3, -0.25) is 14.4 Å². The SMILES string of the molecule is CCn1nc(C(=O)N2CCCN(C(=O)CC(C)C)c3ccccc3CNCC2)c2ccccc2c1=O.Cl. The summed E-state index contributed by atoms with van der Waals surface area (Å²) in [5, 5.41) is 8.95. The molecule has 0 fully saturated rings. The number of benzene rings is 2. The van der Waals surface area contributed by atoms with Crippen molar-refractivity contribution in [1.82, 2.24) is 20.0 Å². The van der Waals surface area contributed by atoms with Gasteiger partial charge < -0.3 is 15.1 Å². The van der Waals surface area contributed by atoms with E-state index >= 15 is 0 Å². The number of nitrogens with zero attached hydrogens (tertiary/aromatic N) is 4. The summed E-state index contributed by atoms with van der Waals surface area (Å²) in [6.45, 7) is 9.03. The van der Waals surface area contributed by atoms with Gasteiger partial charge in [0.2, 0.25) is 5.91 Å². The van der Waals surface area contributed by atoms with Crippen molar-refractivity contribution < 1.29 is 9.59 Å². The van der Waals surface area contributed by atoms with Crippen LogP contribution in [-0.2, 0) is 17.9 Å². The molecule has 198 valence electrons. The van der Waals surface area contributed by atoms with E-state index in [1.807, 2.05) is 56.0 Å². The van der Waals surface area contributed by atoms with E-state index in [1.54, 1.807) is 23.1 Å². The van der Waals surface area contributed by atoms with E-state index in [1.165, 1.54) is 4.68 Å². The van der Waals surface area contributed by atoms with E-state index in [0.717, 1.165) is 11.3 Å². The first-order valence-corrected chi connectivity index (χ1v) is 12.8. The van der Waals surface area contributed by atoms with Gasteiger partial charge in [-0.2, -0.15) is 5.10 Å². The van der Waals surface area contributed by atoms with E-state index in [0.29, 0.717) is 62.9 Å². The Bertz CT molecular complexity index is 1310. The van der Waals surface area contributed by atoms with Crippen molar-refractivity contribution in [2.24, 2.45) is 5.92 Å². The highest BCUT2D eigenvalue weighted by Gasteiger charge is 2.24. The maximum absolute atomic E-state index is 13.8. The van der Waals surface area contributed by atoms with Gasteiger partial charge in [0.1, 0.15) is 0 Å². The maximum Gasteiger partial charge on any atom is 0.274 e. The average molecular weight is 526 g/mol. The normalized spacial score (nSPS) is 14.6. The number of hydrogen-bond donors (Lipinski definition) is 1. The fraction of sp³-hybridized carbons (Fsp3) is 0.429. The Morgan fingerprint density at radius 3 is 2.43 bits per heavy atom. The molecule has 1 aliphatic heterocycles. The number of carbonyl (C=O) groups excluding carboxylic acids is 2. The summed E-state index contributed by atoms with van der Waals surface area (Å²) in [5.41, 5.74) is 2.09. The van der Waals surface area contributed by atoms with Crippen LogP contribution in [0.2, 0.25) is 0 Å². The van der Waals surface area contributed by atoms with Gasteiger partial charge in [0.15, 0.2) is 5.69 Å². The second-order valence-electron chi connectivity index (χ2n) is 9.61. The van der Waals surface area contributed by atoms with Crippen LogP contribution in [0, 0.1) is 5.92 Å². The van der Waals surface area contributed by atoms with Crippen LogP contribution in [0.25, 0.3) is 10.8 Å². The lowest BCUT2D eigenvalue weighted by Crippen LogP contribution is -2.40. The molecule has 4 rings (SSSR count). The Balaban J connectivity index is 0.00000380. The minimum atomic E-state index is -0.202. The molecule has 0 saturated carbocycles. The number of hydrogen-bond acceptors (Lipinski definition) is 5. The molecule has 2 heterocycles.